The Morgan fingerprint density at radius 2 is 2.00 bits per heavy atom. The molecule has 0 spiro atoms. The number of benzene rings is 1. The number of hydrogen-bond acceptors (Lipinski definition) is 4. The fourth-order valence-corrected chi connectivity index (χ4v) is 2.18. The number of nitrogens with one attached hydrogen (secondary N) is 1. The smallest absolute Gasteiger partial charge is 0.311 e. The van der Waals surface area contributed by atoms with Gasteiger partial charge in [0.15, 0.2) is 0 Å². The number of anilines is 1. The van der Waals surface area contributed by atoms with Crippen LogP contribution in [0.15, 0.2) is 47.2 Å². The average molecular weight is 322 g/mol. The number of nitrogens with zero attached hydrogens (tertiary/aromatic N) is 2. The monoisotopic (exact) mass is 321 g/mol. The quantitative estimate of drug-likeness (QED) is 0.677. The van der Waals surface area contributed by atoms with Crippen molar-refractivity contribution in [2.75, 3.05) is 11.9 Å². The highest BCUT2D eigenvalue weighted by molar-refractivity contribution is 9.10. The zero-order valence-corrected chi connectivity index (χ0v) is 11.6. The van der Waals surface area contributed by atoms with Crippen molar-refractivity contribution in [3.05, 3.63) is 62.9 Å². The van der Waals surface area contributed by atoms with Crippen molar-refractivity contribution in [2.45, 2.75) is 6.42 Å². The molecule has 0 aliphatic carbocycles. The summed E-state index contributed by atoms with van der Waals surface area (Å²) in [5, 5.41) is 14.0. The summed E-state index contributed by atoms with van der Waals surface area (Å²) in [5.74, 6) is 0. The molecule has 0 saturated carbocycles. The van der Waals surface area contributed by atoms with E-state index in [0.717, 1.165) is 6.42 Å². The lowest BCUT2D eigenvalue weighted by atomic mass is 10.1. The number of nitro groups is 1. The fraction of sp³-hybridized carbons (Fsp3) is 0.154. The van der Waals surface area contributed by atoms with Crippen LogP contribution in [0.2, 0.25) is 0 Å². The number of aromatic nitrogens is 1. The third-order valence-corrected chi connectivity index (χ3v) is 3.24. The minimum atomic E-state index is -0.442. The molecule has 1 aromatic carbocycles. The molecule has 6 heteroatoms. The molecule has 2 rings (SSSR count). The van der Waals surface area contributed by atoms with Crippen molar-refractivity contribution in [2.24, 2.45) is 0 Å². The normalized spacial score (nSPS) is 10.2. The van der Waals surface area contributed by atoms with Crippen LogP contribution in [-0.2, 0) is 6.42 Å². The van der Waals surface area contributed by atoms with Gasteiger partial charge in [-0.25, -0.2) is 0 Å². The van der Waals surface area contributed by atoms with E-state index >= 15 is 0 Å². The van der Waals surface area contributed by atoms with E-state index < -0.39 is 4.92 Å². The maximum Gasteiger partial charge on any atom is 0.311 e. The van der Waals surface area contributed by atoms with Crippen LogP contribution >= 0.6 is 15.9 Å². The Balaban J connectivity index is 2.05. The van der Waals surface area contributed by atoms with Crippen LogP contribution in [-0.4, -0.2) is 16.5 Å². The summed E-state index contributed by atoms with van der Waals surface area (Å²) in [6.07, 6.45) is 3.58. The number of pyridine rings is 1. The first-order chi connectivity index (χ1) is 9.18. The molecule has 0 amide bonds. The van der Waals surface area contributed by atoms with Crippen molar-refractivity contribution in [3.8, 4) is 0 Å². The molecule has 1 aromatic heterocycles. The molecule has 0 atom stereocenters. The topological polar surface area (TPSA) is 68.1 Å². The SMILES string of the molecule is O=[N+]([O-])c1cncc(Br)c1NCCc1ccccc1. The van der Waals surface area contributed by atoms with Crippen molar-refractivity contribution >= 4 is 27.3 Å². The molecule has 98 valence electrons. The van der Waals surface area contributed by atoms with E-state index in [1.54, 1.807) is 0 Å². The first-order valence-corrected chi connectivity index (χ1v) is 6.53. The highest BCUT2D eigenvalue weighted by Crippen LogP contribution is 2.30. The molecule has 0 radical (unpaired) electrons. The summed E-state index contributed by atoms with van der Waals surface area (Å²) in [7, 11) is 0. The largest absolute Gasteiger partial charge is 0.378 e. The maximum atomic E-state index is 10.9. The summed E-state index contributed by atoms with van der Waals surface area (Å²) >= 11 is 3.27. The van der Waals surface area contributed by atoms with Gasteiger partial charge in [0.1, 0.15) is 11.9 Å². The zero-order valence-electron chi connectivity index (χ0n) is 10.0. The average Bonchev–Trinajstić information content (AvgIpc) is 2.41. The molecular formula is C13H12BrN3O2. The zero-order chi connectivity index (χ0) is 13.7. The van der Waals surface area contributed by atoms with Crippen LogP contribution in [0.1, 0.15) is 5.56 Å². The molecule has 1 N–H and O–H groups in total. The highest BCUT2D eigenvalue weighted by atomic mass is 79.9. The molecule has 0 bridgehead atoms. The lowest BCUT2D eigenvalue weighted by Crippen LogP contribution is -2.07. The Labute approximate surface area is 119 Å². The second-order valence-corrected chi connectivity index (χ2v) is 4.79. The number of halogens is 1. The van der Waals surface area contributed by atoms with Crippen molar-refractivity contribution in [1.82, 2.24) is 4.98 Å². The molecule has 1 heterocycles. The molecule has 2 aromatic rings. The first-order valence-electron chi connectivity index (χ1n) is 5.74. The lowest BCUT2D eigenvalue weighted by molar-refractivity contribution is -0.384. The molecule has 0 saturated heterocycles. The first kappa shape index (κ1) is 13.5. The fourth-order valence-electron chi connectivity index (χ4n) is 1.71. The van der Waals surface area contributed by atoms with Crippen LogP contribution in [0.4, 0.5) is 11.4 Å². The van der Waals surface area contributed by atoms with E-state index in [4.69, 9.17) is 0 Å². The lowest BCUT2D eigenvalue weighted by Gasteiger charge is -2.08. The summed E-state index contributed by atoms with van der Waals surface area (Å²) in [6, 6.07) is 9.96. The third kappa shape index (κ3) is 3.51. The Bertz CT molecular complexity index is 575. The van der Waals surface area contributed by atoms with Gasteiger partial charge in [0.2, 0.25) is 0 Å². The molecule has 0 fully saturated rings. The van der Waals surface area contributed by atoms with E-state index in [1.165, 1.54) is 18.0 Å². The Kier molecular flexibility index (Phi) is 4.46. The second kappa shape index (κ2) is 6.29. The molecule has 5 nitrogen and oxygen atoms in total. The van der Waals surface area contributed by atoms with Gasteiger partial charge >= 0.3 is 5.69 Å². The van der Waals surface area contributed by atoms with E-state index in [-0.39, 0.29) is 5.69 Å². The van der Waals surface area contributed by atoms with E-state index in [9.17, 15) is 10.1 Å². The Morgan fingerprint density at radius 3 is 2.68 bits per heavy atom. The van der Waals surface area contributed by atoms with Crippen LogP contribution in [0.3, 0.4) is 0 Å². The minimum Gasteiger partial charge on any atom is -0.378 e. The highest BCUT2D eigenvalue weighted by Gasteiger charge is 2.16. The molecule has 19 heavy (non-hydrogen) atoms. The Morgan fingerprint density at radius 1 is 1.26 bits per heavy atom. The molecular weight excluding hydrogens is 310 g/mol. The molecule has 0 unspecified atom stereocenters. The van der Waals surface area contributed by atoms with Crippen LogP contribution < -0.4 is 5.32 Å². The number of rotatable bonds is 5. The van der Waals surface area contributed by atoms with Gasteiger partial charge in [0, 0.05) is 12.7 Å². The van der Waals surface area contributed by atoms with Gasteiger partial charge in [-0.05, 0) is 27.9 Å². The van der Waals surface area contributed by atoms with Crippen molar-refractivity contribution < 1.29 is 4.92 Å². The summed E-state index contributed by atoms with van der Waals surface area (Å²) < 4.78 is 0.592. The summed E-state index contributed by atoms with van der Waals surface area (Å²) in [6.45, 7) is 0.619. The van der Waals surface area contributed by atoms with Gasteiger partial charge in [-0.2, -0.15) is 0 Å². The second-order valence-electron chi connectivity index (χ2n) is 3.93. The van der Waals surface area contributed by atoms with Gasteiger partial charge in [-0.1, -0.05) is 30.3 Å². The maximum absolute atomic E-state index is 10.9. The van der Waals surface area contributed by atoms with Crippen molar-refractivity contribution in [1.29, 1.82) is 0 Å². The van der Waals surface area contributed by atoms with Crippen LogP contribution in [0.5, 0.6) is 0 Å². The van der Waals surface area contributed by atoms with E-state index in [0.29, 0.717) is 16.7 Å². The van der Waals surface area contributed by atoms with Gasteiger partial charge in [-0.15, -0.1) is 0 Å². The predicted molar refractivity (Wildman–Crippen MR) is 77.2 cm³/mol. The minimum absolute atomic E-state index is 0.0255. The summed E-state index contributed by atoms with van der Waals surface area (Å²) in [4.78, 5) is 14.3. The van der Waals surface area contributed by atoms with Gasteiger partial charge in [0.25, 0.3) is 0 Å². The van der Waals surface area contributed by atoms with E-state index in [2.05, 4.69) is 26.2 Å². The van der Waals surface area contributed by atoms with Gasteiger partial charge < -0.3 is 5.32 Å². The van der Waals surface area contributed by atoms with Gasteiger partial charge in [0.05, 0.1) is 9.40 Å². The summed E-state index contributed by atoms with van der Waals surface area (Å²) in [5.41, 5.74) is 1.63. The predicted octanol–water partition coefficient (Wildman–Crippen LogP) is 3.41. The number of hydrogen-bond donors (Lipinski definition) is 1. The molecule has 0 aliphatic rings. The van der Waals surface area contributed by atoms with Crippen LogP contribution in [0.25, 0.3) is 0 Å². The van der Waals surface area contributed by atoms with E-state index in [1.807, 2.05) is 30.3 Å². The Hall–Kier alpha value is -1.95. The van der Waals surface area contributed by atoms with Gasteiger partial charge in [-0.3, -0.25) is 15.1 Å². The van der Waals surface area contributed by atoms with Crippen molar-refractivity contribution in [3.63, 3.8) is 0 Å². The van der Waals surface area contributed by atoms with Crippen LogP contribution in [0, 0.1) is 10.1 Å². The third-order valence-electron chi connectivity index (χ3n) is 2.63. The standard InChI is InChI=1S/C13H12BrN3O2/c14-11-8-15-9-12(17(18)19)13(11)16-7-6-10-4-2-1-3-5-10/h1-5,8-9H,6-7H2,(H,15,16). The molecule has 0 aliphatic heterocycles.